The van der Waals surface area contributed by atoms with Crippen molar-refractivity contribution in [3.8, 4) is 0 Å². The van der Waals surface area contributed by atoms with Crippen LogP contribution in [0.2, 0.25) is 0 Å². The smallest absolute Gasteiger partial charge is 0.306 e. The van der Waals surface area contributed by atoms with Gasteiger partial charge in [-0.15, -0.1) is 0 Å². The van der Waals surface area contributed by atoms with Gasteiger partial charge in [0.05, 0.1) is 6.61 Å². The summed E-state index contributed by atoms with van der Waals surface area (Å²) in [5.74, 6) is 0.977. The Morgan fingerprint density at radius 2 is 1.21 bits per heavy atom. The topological polar surface area (TPSA) is 26.3 Å². The first kappa shape index (κ1) is 28.5. The molecule has 0 aliphatic carbocycles. The van der Waals surface area contributed by atoms with Crippen molar-refractivity contribution in [3.05, 3.63) is 0 Å². The van der Waals surface area contributed by atoms with Crippen LogP contribution in [-0.4, -0.2) is 12.6 Å². The van der Waals surface area contributed by atoms with Gasteiger partial charge in [0.25, 0.3) is 0 Å². The molecule has 29 heavy (non-hydrogen) atoms. The van der Waals surface area contributed by atoms with E-state index < -0.39 is 0 Å². The summed E-state index contributed by atoms with van der Waals surface area (Å²) in [5, 5.41) is 0. The zero-order valence-electron chi connectivity index (χ0n) is 21.0. The van der Waals surface area contributed by atoms with Crippen molar-refractivity contribution >= 4 is 5.97 Å². The molecule has 0 fully saturated rings. The van der Waals surface area contributed by atoms with E-state index in [-0.39, 0.29) is 11.4 Å². The minimum atomic E-state index is 0.0117. The van der Waals surface area contributed by atoms with Gasteiger partial charge in [-0.05, 0) is 36.5 Å². The van der Waals surface area contributed by atoms with Crippen LogP contribution in [0.1, 0.15) is 144 Å². The molecule has 0 rings (SSSR count). The summed E-state index contributed by atoms with van der Waals surface area (Å²) in [5.41, 5.74) is 0.276. The van der Waals surface area contributed by atoms with Gasteiger partial charge in [-0.3, -0.25) is 4.79 Å². The number of unbranched alkanes of at least 4 members (excludes halogenated alkanes) is 10. The van der Waals surface area contributed by atoms with E-state index in [1.165, 1.54) is 89.9 Å². The molecule has 0 amide bonds. The van der Waals surface area contributed by atoms with Gasteiger partial charge < -0.3 is 4.74 Å². The number of rotatable bonds is 19. The molecule has 2 heteroatoms. The number of esters is 1. The van der Waals surface area contributed by atoms with Gasteiger partial charge in [-0.2, -0.15) is 0 Å². The molecule has 1 atom stereocenters. The van der Waals surface area contributed by atoms with Gasteiger partial charge in [-0.25, -0.2) is 0 Å². The molecule has 1 unspecified atom stereocenters. The zero-order chi connectivity index (χ0) is 22.0. The molecule has 0 heterocycles. The van der Waals surface area contributed by atoms with E-state index in [2.05, 4.69) is 41.5 Å². The second-order valence-electron chi connectivity index (χ2n) is 10.7. The Labute approximate surface area is 184 Å². The van der Waals surface area contributed by atoms with Gasteiger partial charge in [-0.1, -0.05) is 119 Å². The van der Waals surface area contributed by atoms with Crippen LogP contribution in [0.5, 0.6) is 0 Å². The maximum Gasteiger partial charge on any atom is 0.306 e. The highest BCUT2D eigenvalue weighted by molar-refractivity contribution is 5.69. The summed E-state index contributed by atoms with van der Waals surface area (Å²) in [7, 11) is 0. The highest BCUT2D eigenvalue weighted by atomic mass is 16.5. The summed E-state index contributed by atoms with van der Waals surface area (Å²) < 4.78 is 5.74. The molecule has 0 saturated carbocycles. The fourth-order valence-electron chi connectivity index (χ4n) is 4.41. The van der Waals surface area contributed by atoms with Crippen LogP contribution in [-0.2, 0) is 9.53 Å². The average molecular weight is 411 g/mol. The molecule has 0 aromatic heterocycles. The lowest BCUT2D eigenvalue weighted by Crippen LogP contribution is -2.19. The third-order valence-corrected chi connectivity index (χ3v) is 5.89. The number of ether oxygens (including phenoxy) is 1. The first-order valence-electron chi connectivity index (χ1n) is 12.9. The summed E-state index contributed by atoms with van der Waals surface area (Å²) in [4.78, 5) is 12.3. The summed E-state index contributed by atoms with van der Waals surface area (Å²) in [6, 6.07) is 0. The fraction of sp³-hybridized carbons (Fsp3) is 0.963. The Morgan fingerprint density at radius 3 is 1.66 bits per heavy atom. The molecular weight excluding hydrogens is 356 g/mol. The predicted molar refractivity (Wildman–Crippen MR) is 128 cm³/mol. The highest BCUT2D eigenvalue weighted by Gasteiger charge is 2.19. The van der Waals surface area contributed by atoms with Crippen molar-refractivity contribution in [2.75, 3.05) is 6.61 Å². The monoisotopic (exact) mass is 410 g/mol. The van der Waals surface area contributed by atoms with E-state index in [1.54, 1.807) is 0 Å². The largest absolute Gasteiger partial charge is 0.465 e. The fourth-order valence-corrected chi connectivity index (χ4v) is 4.41. The molecule has 174 valence electrons. The number of hydrogen-bond donors (Lipinski definition) is 0. The van der Waals surface area contributed by atoms with Gasteiger partial charge in [0.2, 0.25) is 0 Å². The summed E-state index contributed by atoms with van der Waals surface area (Å²) in [6.07, 6.45) is 20.2. The van der Waals surface area contributed by atoms with Crippen molar-refractivity contribution in [3.63, 3.8) is 0 Å². The third-order valence-electron chi connectivity index (χ3n) is 5.89. The summed E-state index contributed by atoms with van der Waals surface area (Å²) in [6.45, 7) is 14.1. The normalized spacial score (nSPS) is 13.1. The molecule has 0 aromatic rings. The van der Waals surface area contributed by atoms with E-state index in [1.807, 2.05) is 0 Å². The Bertz CT molecular complexity index is 353. The molecule has 0 aromatic carbocycles. The average Bonchev–Trinajstić information content (AvgIpc) is 2.62. The Kier molecular flexibility index (Phi) is 17.9. The highest BCUT2D eigenvalue weighted by Crippen LogP contribution is 2.26. The van der Waals surface area contributed by atoms with Crippen LogP contribution in [0.15, 0.2) is 0 Å². The third kappa shape index (κ3) is 20.5. The molecule has 0 bridgehead atoms. The lowest BCUT2D eigenvalue weighted by Gasteiger charge is -2.23. The molecule has 0 spiro atoms. The molecule has 0 aliphatic heterocycles. The van der Waals surface area contributed by atoms with E-state index in [9.17, 15) is 4.79 Å². The van der Waals surface area contributed by atoms with Crippen molar-refractivity contribution < 1.29 is 9.53 Å². The molecule has 0 radical (unpaired) electrons. The number of carbonyl (C=O) groups excluding carboxylic acids is 1. The van der Waals surface area contributed by atoms with E-state index >= 15 is 0 Å². The quantitative estimate of drug-likeness (QED) is 0.157. The van der Waals surface area contributed by atoms with Gasteiger partial charge >= 0.3 is 5.97 Å². The van der Waals surface area contributed by atoms with Crippen molar-refractivity contribution in [1.29, 1.82) is 0 Å². The van der Waals surface area contributed by atoms with Gasteiger partial charge in [0, 0.05) is 6.42 Å². The second kappa shape index (κ2) is 18.3. The van der Waals surface area contributed by atoms with Crippen LogP contribution in [0.4, 0.5) is 0 Å². The minimum absolute atomic E-state index is 0.0117. The van der Waals surface area contributed by atoms with Crippen LogP contribution in [0, 0.1) is 17.3 Å². The Hall–Kier alpha value is -0.530. The molecular formula is C27H54O2. The lowest BCUT2D eigenvalue weighted by molar-refractivity contribution is -0.146. The molecule has 0 N–H and O–H groups in total. The Morgan fingerprint density at radius 1 is 0.759 bits per heavy atom. The first-order valence-corrected chi connectivity index (χ1v) is 12.9. The van der Waals surface area contributed by atoms with E-state index in [0.717, 1.165) is 6.42 Å². The van der Waals surface area contributed by atoms with Crippen molar-refractivity contribution in [2.45, 2.75) is 144 Å². The Balaban J connectivity index is 4.20. The maximum absolute atomic E-state index is 12.3. The van der Waals surface area contributed by atoms with Gasteiger partial charge in [0.1, 0.15) is 0 Å². The minimum Gasteiger partial charge on any atom is -0.465 e. The standard InChI is InChI=1S/C27H54O2/c1-7-9-11-13-15-17-19-25(20-18-16-14-12-10-8-2)23-29-26(28)21-24(3)22-27(4,5)6/h24-25H,7-23H2,1-6H3. The summed E-state index contributed by atoms with van der Waals surface area (Å²) >= 11 is 0. The van der Waals surface area contributed by atoms with Crippen molar-refractivity contribution in [2.24, 2.45) is 17.3 Å². The molecule has 2 nitrogen and oxygen atoms in total. The van der Waals surface area contributed by atoms with Crippen LogP contribution < -0.4 is 0 Å². The van der Waals surface area contributed by atoms with Crippen LogP contribution >= 0.6 is 0 Å². The second-order valence-corrected chi connectivity index (χ2v) is 10.7. The van der Waals surface area contributed by atoms with Gasteiger partial charge in [0.15, 0.2) is 0 Å². The van der Waals surface area contributed by atoms with E-state index in [4.69, 9.17) is 4.74 Å². The lowest BCUT2D eigenvalue weighted by atomic mass is 9.84. The van der Waals surface area contributed by atoms with Crippen LogP contribution in [0.25, 0.3) is 0 Å². The predicted octanol–water partition coefficient (Wildman–Crippen LogP) is 9.11. The first-order chi connectivity index (χ1) is 13.8. The SMILES string of the molecule is CCCCCCCCC(CCCCCCCC)COC(=O)CC(C)CC(C)(C)C. The molecule has 0 saturated heterocycles. The zero-order valence-corrected chi connectivity index (χ0v) is 21.0. The molecule has 0 aliphatic rings. The van der Waals surface area contributed by atoms with Crippen LogP contribution in [0.3, 0.4) is 0 Å². The number of carbonyl (C=O) groups is 1. The number of hydrogen-bond acceptors (Lipinski definition) is 2. The van der Waals surface area contributed by atoms with Crippen molar-refractivity contribution in [1.82, 2.24) is 0 Å². The maximum atomic E-state index is 12.3. The van der Waals surface area contributed by atoms with E-state index in [0.29, 0.717) is 24.9 Å².